The second-order valence-corrected chi connectivity index (χ2v) is 5.67. The summed E-state index contributed by atoms with van der Waals surface area (Å²) in [6, 6.07) is 6.12. The van der Waals surface area contributed by atoms with Crippen molar-refractivity contribution in [1.29, 1.82) is 0 Å². The molecule has 2 atom stereocenters. The number of aryl methyl sites for hydroxylation is 2. The molecule has 112 valence electrons. The summed E-state index contributed by atoms with van der Waals surface area (Å²) in [7, 11) is 0. The van der Waals surface area contributed by atoms with Crippen LogP contribution >= 0.6 is 0 Å². The Balaban J connectivity index is 1.79. The molecule has 1 saturated heterocycles. The van der Waals surface area contributed by atoms with E-state index < -0.39 is 6.10 Å². The van der Waals surface area contributed by atoms with E-state index in [1.165, 1.54) is 5.56 Å². The summed E-state index contributed by atoms with van der Waals surface area (Å²) in [6.45, 7) is 9.58. The van der Waals surface area contributed by atoms with Crippen LogP contribution in [0.2, 0.25) is 0 Å². The van der Waals surface area contributed by atoms with E-state index in [-0.39, 0.29) is 6.10 Å². The first kappa shape index (κ1) is 15.3. The Labute approximate surface area is 121 Å². The van der Waals surface area contributed by atoms with Crippen LogP contribution in [0.1, 0.15) is 18.1 Å². The molecule has 1 aliphatic heterocycles. The molecule has 0 aliphatic carbocycles. The third kappa shape index (κ3) is 4.47. The number of aliphatic hydroxyl groups excluding tert-OH is 1. The van der Waals surface area contributed by atoms with E-state index in [1.54, 1.807) is 0 Å². The fourth-order valence-electron chi connectivity index (χ4n) is 2.46. The lowest BCUT2D eigenvalue weighted by Crippen LogP contribution is -2.45. The Bertz CT molecular complexity index is 436. The largest absolute Gasteiger partial charge is 0.491 e. The number of hydrogen-bond donors (Lipinski definition) is 1. The van der Waals surface area contributed by atoms with Gasteiger partial charge in [-0.2, -0.15) is 0 Å². The van der Waals surface area contributed by atoms with E-state index in [1.807, 2.05) is 26.0 Å². The van der Waals surface area contributed by atoms with Gasteiger partial charge in [0.25, 0.3) is 0 Å². The number of hydrogen-bond acceptors (Lipinski definition) is 4. The predicted molar refractivity (Wildman–Crippen MR) is 79.3 cm³/mol. The Morgan fingerprint density at radius 1 is 1.45 bits per heavy atom. The number of aliphatic hydroxyl groups is 1. The molecular formula is C16H25NO3. The maximum atomic E-state index is 10.1. The van der Waals surface area contributed by atoms with Gasteiger partial charge in [-0.1, -0.05) is 12.1 Å². The average molecular weight is 279 g/mol. The van der Waals surface area contributed by atoms with E-state index in [0.29, 0.717) is 13.2 Å². The van der Waals surface area contributed by atoms with Crippen molar-refractivity contribution in [3.05, 3.63) is 29.3 Å². The highest BCUT2D eigenvalue weighted by Gasteiger charge is 2.19. The van der Waals surface area contributed by atoms with Gasteiger partial charge >= 0.3 is 0 Å². The maximum absolute atomic E-state index is 10.1. The van der Waals surface area contributed by atoms with Gasteiger partial charge in [0.1, 0.15) is 18.5 Å². The van der Waals surface area contributed by atoms with Crippen molar-refractivity contribution in [3.63, 3.8) is 0 Å². The molecule has 0 bridgehead atoms. The van der Waals surface area contributed by atoms with Gasteiger partial charge in [0.15, 0.2) is 0 Å². The molecule has 2 rings (SSSR count). The molecule has 0 spiro atoms. The van der Waals surface area contributed by atoms with Gasteiger partial charge in [0.2, 0.25) is 0 Å². The zero-order valence-corrected chi connectivity index (χ0v) is 12.6. The fourth-order valence-corrected chi connectivity index (χ4v) is 2.46. The van der Waals surface area contributed by atoms with Crippen LogP contribution < -0.4 is 4.74 Å². The van der Waals surface area contributed by atoms with Gasteiger partial charge in [0.05, 0.1) is 12.7 Å². The van der Waals surface area contributed by atoms with E-state index in [9.17, 15) is 5.11 Å². The van der Waals surface area contributed by atoms with Crippen LogP contribution in [0.15, 0.2) is 18.2 Å². The zero-order chi connectivity index (χ0) is 14.5. The third-order valence-electron chi connectivity index (χ3n) is 3.57. The second-order valence-electron chi connectivity index (χ2n) is 5.67. The van der Waals surface area contributed by atoms with Crippen LogP contribution in [0.4, 0.5) is 0 Å². The molecule has 1 aromatic rings. The van der Waals surface area contributed by atoms with Crippen molar-refractivity contribution >= 4 is 0 Å². The molecule has 4 nitrogen and oxygen atoms in total. The lowest BCUT2D eigenvalue weighted by Gasteiger charge is -2.32. The topological polar surface area (TPSA) is 41.9 Å². The molecule has 0 aromatic heterocycles. The van der Waals surface area contributed by atoms with E-state index in [0.717, 1.165) is 31.0 Å². The first-order chi connectivity index (χ1) is 9.54. The van der Waals surface area contributed by atoms with Gasteiger partial charge in [-0.3, -0.25) is 4.90 Å². The molecule has 0 saturated carbocycles. The standard InChI is InChI=1S/C16H25NO3/c1-12-4-5-13(2)16(8-12)20-11-15(18)10-17-6-7-19-14(3)9-17/h4-5,8,14-15,18H,6-7,9-11H2,1-3H3. The molecule has 20 heavy (non-hydrogen) atoms. The maximum Gasteiger partial charge on any atom is 0.122 e. The third-order valence-corrected chi connectivity index (χ3v) is 3.57. The minimum Gasteiger partial charge on any atom is -0.491 e. The predicted octanol–water partition coefficient (Wildman–Crippen LogP) is 1.76. The fraction of sp³-hybridized carbons (Fsp3) is 0.625. The number of nitrogens with zero attached hydrogens (tertiary/aromatic N) is 1. The summed E-state index contributed by atoms with van der Waals surface area (Å²) in [5, 5.41) is 10.1. The average Bonchev–Trinajstić information content (AvgIpc) is 2.40. The Kier molecular flexibility index (Phi) is 5.40. The van der Waals surface area contributed by atoms with Crippen molar-refractivity contribution in [2.24, 2.45) is 0 Å². The van der Waals surface area contributed by atoms with Crippen LogP contribution in [0, 0.1) is 13.8 Å². The number of β-amino-alcohol motifs (C(OH)–C–C–N with tert-alkyl or cyclic N) is 1. The van der Waals surface area contributed by atoms with Crippen LogP contribution in [0.25, 0.3) is 0 Å². The monoisotopic (exact) mass is 279 g/mol. The lowest BCUT2D eigenvalue weighted by atomic mass is 10.1. The van der Waals surface area contributed by atoms with Gasteiger partial charge < -0.3 is 14.6 Å². The van der Waals surface area contributed by atoms with E-state index in [4.69, 9.17) is 9.47 Å². The number of rotatable bonds is 5. The SMILES string of the molecule is Cc1ccc(C)c(OCC(O)CN2CCOC(C)C2)c1. The number of ether oxygens (including phenoxy) is 2. The molecule has 1 aromatic carbocycles. The molecule has 0 amide bonds. The van der Waals surface area contributed by atoms with Crippen LogP contribution in [0.5, 0.6) is 5.75 Å². The van der Waals surface area contributed by atoms with Crippen molar-refractivity contribution in [3.8, 4) is 5.75 Å². The molecule has 1 heterocycles. The summed E-state index contributed by atoms with van der Waals surface area (Å²) in [4.78, 5) is 2.23. The first-order valence-electron chi connectivity index (χ1n) is 7.26. The normalized spacial score (nSPS) is 21.7. The zero-order valence-electron chi connectivity index (χ0n) is 12.6. The van der Waals surface area contributed by atoms with Gasteiger partial charge in [0, 0.05) is 19.6 Å². The highest BCUT2D eigenvalue weighted by molar-refractivity contribution is 5.35. The quantitative estimate of drug-likeness (QED) is 0.892. The Morgan fingerprint density at radius 2 is 2.25 bits per heavy atom. The van der Waals surface area contributed by atoms with Crippen molar-refractivity contribution in [2.45, 2.75) is 33.0 Å². The van der Waals surface area contributed by atoms with Crippen LogP contribution in [0.3, 0.4) is 0 Å². The second kappa shape index (κ2) is 7.07. The first-order valence-corrected chi connectivity index (χ1v) is 7.26. The summed E-state index contributed by atoms with van der Waals surface area (Å²) in [6.07, 6.45) is -0.226. The molecule has 2 unspecified atom stereocenters. The summed E-state index contributed by atoms with van der Waals surface area (Å²) in [5.41, 5.74) is 2.27. The summed E-state index contributed by atoms with van der Waals surface area (Å²) >= 11 is 0. The van der Waals surface area contributed by atoms with E-state index >= 15 is 0 Å². The number of benzene rings is 1. The number of morpholine rings is 1. The van der Waals surface area contributed by atoms with Crippen molar-refractivity contribution in [2.75, 3.05) is 32.8 Å². The molecule has 0 radical (unpaired) electrons. The summed E-state index contributed by atoms with van der Waals surface area (Å²) < 4.78 is 11.2. The van der Waals surface area contributed by atoms with Gasteiger partial charge in [-0.25, -0.2) is 0 Å². The van der Waals surface area contributed by atoms with Crippen LogP contribution in [-0.2, 0) is 4.74 Å². The highest BCUT2D eigenvalue weighted by atomic mass is 16.5. The smallest absolute Gasteiger partial charge is 0.122 e. The van der Waals surface area contributed by atoms with Crippen molar-refractivity contribution < 1.29 is 14.6 Å². The van der Waals surface area contributed by atoms with Crippen molar-refractivity contribution in [1.82, 2.24) is 4.90 Å². The lowest BCUT2D eigenvalue weighted by molar-refractivity contribution is -0.0361. The van der Waals surface area contributed by atoms with Gasteiger partial charge in [-0.15, -0.1) is 0 Å². The Morgan fingerprint density at radius 3 is 3.00 bits per heavy atom. The molecule has 1 fully saturated rings. The Hall–Kier alpha value is -1.10. The molecule has 1 N–H and O–H groups in total. The van der Waals surface area contributed by atoms with Crippen LogP contribution in [-0.4, -0.2) is 55.1 Å². The minimum atomic E-state index is -0.472. The molecule has 4 heteroatoms. The van der Waals surface area contributed by atoms with Gasteiger partial charge in [-0.05, 0) is 38.0 Å². The van der Waals surface area contributed by atoms with E-state index in [2.05, 4.69) is 17.9 Å². The molecular weight excluding hydrogens is 254 g/mol. The highest BCUT2D eigenvalue weighted by Crippen LogP contribution is 2.19. The summed E-state index contributed by atoms with van der Waals surface area (Å²) in [5.74, 6) is 0.861. The minimum absolute atomic E-state index is 0.246. The molecule has 1 aliphatic rings.